The zero-order valence-corrected chi connectivity index (χ0v) is 14.6. The van der Waals surface area contributed by atoms with Gasteiger partial charge in [0.25, 0.3) is 0 Å². The maximum Gasteiger partial charge on any atom is 0.433 e. The fourth-order valence-electron chi connectivity index (χ4n) is 2.65. The fraction of sp³-hybridized carbons (Fsp3) is 0.211. The Kier molecular flexibility index (Phi) is 5.34. The molecule has 0 saturated carbocycles. The van der Waals surface area contributed by atoms with Crippen LogP contribution in [-0.4, -0.2) is 23.8 Å². The van der Waals surface area contributed by atoms with Crippen LogP contribution in [0.15, 0.2) is 40.9 Å². The molecule has 0 N–H and O–H groups in total. The summed E-state index contributed by atoms with van der Waals surface area (Å²) in [6, 6.07) is 6.96. The second-order valence-electron chi connectivity index (χ2n) is 5.64. The number of hydrogen-bond acceptors (Lipinski definition) is 6. The molecule has 146 valence electrons. The average Bonchev–Trinajstić information content (AvgIpc) is 3.04. The van der Waals surface area contributed by atoms with Crippen LogP contribution in [0, 0.1) is 0 Å². The van der Waals surface area contributed by atoms with E-state index in [1.165, 1.54) is 30.3 Å². The molecule has 3 aromatic rings. The molecule has 1 aromatic carbocycles. The lowest BCUT2D eigenvalue weighted by Crippen LogP contribution is -2.13. The van der Waals surface area contributed by atoms with Gasteiger partial charge in [0.1, 0.15) is 23.5 Å². The summed E-state index contributed by atoms with van der Waals surface area (Å²) < 4.78 is 54.8. The van der Waals surface area contributed by atoms with Gasteiger partial charge in [-0.3, -0.25) is 9.78 Å². The molecule has 3 rings (SSSR count). The van der Waals surface area contributed by atoms with E-state index in [0.717, 1.165) is 6.20 Å². The number of carbonyl (C=O) groups excluding carboxylic acids is 2. The lowest BCUT2D eigenvalue weighted by Gasteiger charge is -2.12. The number of aldehydes is 1. The molecule has 0 unspecified atom stereocenters. The number of nitrogens with zero attached hydrogens (tertiary/aromatic N) is 1. The third kappa shape index (κ3) is 3.83. The number of alkyl halides is 3. The summed E-state index contributed by atoms with van der Waals surface area (Å²) in [6.45, 7) is 1.32. The van der Waals surface area contributed by atoms with E-state index in [4.69, 9.17) is 13.9 Å². The Morgan fingerprint density at radius 1 is 1.29 bits per heavy atom. The van der Waals surface area contributed by atoms with E-state index in [0.29, 0.717) is 6.29 Å². The fourth-order valence-corrected chi connectivity index (χ4v) is 2.65. The van der Waals surface area contributed by atoms with E-state index in [1.54, 1.807) is 6.92 Å². The second-order valence-corrected chi connectivity index (χ2v) is 5.64. The van der Waals surface area contributed by atoms with Crippen molar-refractivity contribution >= 4 is 23.2 Å². The third-order valence-corrected chi connectivity index (χ3v) is 3.83. The van der Waals surface area contributed by atoms with Crippen LogP contribution in [0.4, 0.5) is 13.2 Å². The molecular formula is C19H14F3NO5. The number of fused-ring (bicyclic) bond motifs is 1. The first kappa shape index (κ1) is 19.4. The molecule has 0 bridgehead atoms. The summed E-state index contributed by atoms with van der Waals surface area (Å²) in [5.74, 6) is -0.752. The normalized spacial score (nSPS) is 11.4. The highest BCUT2D eigenvalue weighted by molar-refractivity contribution is 6.09. The number of aromatic nitrogens is 1. The van der Waals surface area contributed by atoms with Gasteiger partial charge in [-0.2, -0.15) is 13.2 Å². The molecule has 0 spiro atoms. The zero-order valence-electron chi connectivity index (χ0n) is 14.6. The quantitative estimate of drug-likeness (QED) is 0.456. The summed E-state index contributed by atoms with van der Waals surface area (Å²) in [4.78, 5) is 26.7. The molecule has 2 aromatic heterocycles. The number of furan rings is 1. The van der Waals surface area contributed by atoms with Crippen molar-refractivity contribution in [3.8, 4) is 5.75 Å². The summed E-state index contributed by atoms with van der Waals surface area (Å²) in [6.07, 6.45) is -3.17. The van der Waals surface area contributed by atoms with Crippen LogP contribution in [0.5, 0.6) is 5.75 Å². The Morgan fingerprint density at radius 2 is 2.07 bits per heavy atom. The number of esters is 1. The van der Waals surface area contributed by atoms with Gasteiger partial charge < -0.3 is 13.9 Å². The van der Waals surface area contributed by atoms with Gasteiger partial charge in [0.2, 0.25) is 0 Å². The van der Waals surface area contributed by atoms with Gasteiger partial charge in [0, 0.05) is 17.1 Å². The summed E-state index contributed by atoms with van der Waals surface area (Å²) in [7, 11) is 0. The third-order valence-electron chi connectivity index (χ3n) is 3.83. The SMILES string of the molecule is CCOC(=O)c1c(C=O)oc2ccc(OCc3cccnc3C(F)(F)F)cc12. The molecule has 28 heavy (non-hydrogen) atoms. The Labute approximate surface area is 156 Å². The first-order valence-corrected chi connectivity index (χ1v) is 8.18. The van der Waals surface area contributed by atoms with Crippen LogP contribution in [0.3, 0.4) is 0 Å². The van der Waals surface area contributed by atoms with Crippen LogP contribution in [0.2, 0.25) is 0 Å². The minimum absolute atomic E-state index is 0.0605. The highest BCUT2D eigenvalue weighted by Crippen LogP contribution is 2.32. The van der Waals surface area contributed by atoms with Crippen LogP contribution in [0.1, 0.15) is 39.1 Å². The molecule has 0 radical (unpaired) electrons. The largest absolute Gasteiger partial charge is 0.489 e. The maximum atomic E-state index is 13.0. The number of ether oxygens (including phenoxy) is 2. The Balaban J connectivity index is 1.92. The topological polar surface area (TPSA) is 78.6 Å². The zero-order chi connectivity index (χ0) is 20.3. The predicted octanol–water partition coefficient (Wildman–Crippen LogP) is 4.41. The van der Waals surface area contributed by atoms with E-state index < -0.39 is 17.8 Å². The van der Waals surface area contributed by atoms with Gasteiger partial charge in [-0.05, 0) is 31.2 Å². The van der Waals surface area contributed by atoms with Crippen molar-refractivity contribution in [1.29, 1.82) is 0 Å². The van der Waals surface area contributed by atoms with Crippen LogP contribution in [-0.2, 0) is 17.5 Å². The first-order valence-electron chi connectivity index (χ1n) is 8.18. The Morgan fingerprint density at radius 3 is 2.75 bits per heavy atom. The van der Waals surface area contributed by atoms with Crippen molar-refractivity contribution in [2.45, 2.75) is 19.7 Å². The average molecular weight is 393 g/mol. The minimum atomic E-state index is -4.61. The smallest absolute Gasteiger partial charge is 0.433 e. The van der Waals surface area contributed by atoms with Crippen molar-refractivity contribution in [2.24, 2.45) is 0 Å². The Bertz CT molecular complexity index is 1030. The molecule has 6 nitrogen and oxygen atoms in total. The molecular weight excluding hydrogens is 379 g/mol. The number of hydrogen-bond donors (Lipinski definition) is 0. The van der Waals surface area contributed by atoms with Crippen molar-refractivity contribution < 1.29 is 36.7 Å². The van der Waals surface area contributed by atoms with E-state index >= 15 is 0 Å². The molecule has 0 aliphatic rings. The van der Waals surface area contributed by atoms with Gasteiger partial charge >= 0.3 is 12.1 Å². The Hall–Kier alpha value is -3.36. The number of carbonyl (C=O) groups is 2. The van der Waals surface area contributed by atoms with Crippen molar-refractivity contribution in [1.82, 2.24) is 4.98 Å². The highest BCUT2D eigenvalue weighted by atomic mass is 19.4. The van der Waals surface area contributed by atoms with Gasteiger partial charge in [0.15, 0.2) is 17.7 Å². The number of benzene rings is 1. The molecule has 0 aliphatic heterocycles. The molecule has 0 amide bonds. The minimum Gasteiger partial charge on any atom is -0.489 e. The molecule has 0 fully saturated rings. The molecule has 0 atom stereocenters. The van der Waals surface area contributed by atoms with E-state index in [-0.39, 0.29) is 46.8 Å². The van der Waals surface area contributed by atoms with Crippen molar-refractivity contribution in [3.63, 3.8) is 0 Å². The monoisotopic (exact) mass is 393 g/mol. The number of pyridine rings is 1. The van der Waals surface area contributed by atoms with Crippen molar-refractivity contribution in [2.75, 3.05) is 6.61 Å². The molecule has 9 heteroatoms. The predicted molar refractivity (Wildman–Crippen MR) is 91.1 cm³/mol. The van der Waals surface area contributed by atoms with E-state index in [1.807, 2.05) is 0 Å². The lowest BCUT2D eigenvalue weighted by molar-refractivity contribution is -0.142. The summed E-state index contributed by atoms with van der Waals surface area (Å²) >= 11 is 0. The van der Waals surface area contributed by atoms with E-state index in [9.17, 15) is 22.8 Å². The molecule has 2 heterocycles. The summed E-state index contributed by atoms with van der Waals surface area (Å²) in [5.41, 5.74) is -0.985. The highest BCUT2D eigenvalue weighted by Gasteiger charge is 2.35. The maximum absolute atomic E-state index is 13.0. The van der Waals surface area contributed by atoms with Crippen LogP contribution >= 0.6 is 0 Å². The van der Waals surface area contributed by atoms with Gasteiger partial charge in [-0.1, -0.05) is 6.07 Å². The standard InChI is InChI=1S/C19H14F3NO5/c1-2-26-18(25)16-13-8-12(5-6-14(13)28-15(16)9-24)27-10-11-4-3-7-23-17(11)19(20,21)22/h3-9H,2,10H2,1H3. The van der Waals surface area contributed by atoms with Crippen LogP contribution in [0.25, 0.3) is 11.0 Å². The number of halogens is 3. The van der Waals surface area contributed by atoms with Crippen molar-refractivity contribution in [3.05, 3.63) is 59.1 Å². The first-order chi connectivity index (χ1) is 13.3. The molecule has 0 saturated heterocycles. The summed E-state index contributed by atoms with van der Waals surface area (Å²) in [5, 5.41) is 0.264. The van der Waals surface area contributed by atoms with Crippen LogP contribution < -0.4 is 4.74 Å². The lowest BCUT2D eigenvalue weighted by atomic mass is 10.1. The van der Waals surface area contributed by atoms with E-state index in [2.05, 4.69) is 4.98 Å². The van der Waals surface area contributed by atoms with Gasteiger partial charge in [-0.25, -0.2) is 4.79 Å². The van der Waals surface area contributed by atoms with Gasteiger partial charge in [-0.15, -0.1) is 0 Å². The second kappa shape index (κ2) is 7.71. The molecule has 0 aliphatic carbocycles. The number of rotatable bonds is 6. The van der Waals surface area contributed by atoms with Gasteiger partial charge in [0.05, 0.1) is 6.61 Å².